The molecule has 1 atom stereocenters. The molecule has 1 heterocycles. The van der Waals surface area contributed by atoms with Crippen molar-refractivity contribution in [3.63, 3.8) is 0 Å². The molecule has 1 aromatic heterocycles. The highest BCUT2D eigenvalue weighted by Gasteiger charge is 2.20. The van der Waals surface area contributed by atoms with E-state index < -0.39 is 17.2 Å². The van der Waals surface area contributed by atoms with Crippen LogP contribution in [0.25, 0.3) is 11.1 Å². The van der Waals surface area contributed by atoms with Crippen LogP contribution in [0.3, 0.4) is 0 Å². The van der Waals surface area contributed by atoms with Gasteiger partial charge in [-0.2, -0.15) is 0 Å². The lowest BCUT2D eigenvalue weighted by atomic mass is 10.3. The Balaban J connectivity index is 1.99. The Bertz CT molecular complexity index is 702. The molecular formula is C14H16ClN3O3S. The van der Waals surface area contributed by atoms with E-state index in [1.54, 1.807) is 25.1 Å². The van der Waals surface area contributed by atoms with Gasteiger partial charge < -0.3 is 9.73 Å². The largest absolute Gasteiger partial charge is 0.431 e. The van der Waals surface area contributed by atoms with Gasteiger partial charge >= 0.3 is 6.03 Å². The molecule has 0 bridgehead atoms. The van der Waals surface area contributed by atoms with Crippen molar-refractivity contribution in [1.82, 2.24) is 15.6 Å². The molecule has 118 valence electrons. The van der Waals surface area contributed by atoms with Crippen LogP contribution < -0.4 is 10.6 Å². The molecule has 0 spiro atoms. The molecule has 0 aliphatic rings. The fraction of sp³-hybridized carbons (Fsp3) is 0.357. The maximum Gasteiger partial charge on any atom is 0.321 e. The number of aromatic nitrogens is 1. The van der Waals surface area contributed by atoms with Gasteiger partial charge in [0.15, 0.2) is 5.58 Å². The summed E-state index contributed by atoms with van der Waals surface area (Å²) in [5.74, 6) is -0.413. The second-order valence-electron chi connectivity index (χ2n) is 4.97. The molecule has 8 heteroatoms. The van der Waals surface area contributed by atoms with Gasteiger partial charge in [0.25, 0.3) is 5.22 Å². The van der Waals surface area contributed by atoms with Crippen molar-refractivity contribution < 1.29 is 14.0 Å². The van der Waals surface area contributed by atoms with Gasteiger partial charge in [0.1, 0.15) is 5.52 Å². The van der Waals surface area contributed by atoms with Gasteiger partial charge in [-0.25, -0.2) is 9.78 Å². The Morgan fingerprint density at radius 1 is 1.32 bits per heavy atom. The van der Waals surface area contributed by atoms with Gasteiger partial charge in [0.2, 0.25) is 5.91 Å². The zero-order valence-corrected chi connectivity index (χ0v) is 13.9. The van der Waals surface area contributed by atoms with Crippen molar-refractivity contribution in [2.75, 3.05) is 0 Å². The molecule has 0 radical (unpaired) electrons. The number of hydrogen-bond acceptors (Lipinski definition) is 5. The molecule has 22 heavy (non-hydrogen) atoms. The first-order valence-corrected chi connectivity index (χ1v) is 7.95. The van der Waals surface area contributed by atoms with Crippen molar-refractivity contribution in [3.8, 4) is 0 Å². The van der Waals surface area contributed by atoms with E-state index in [1.807, 2.05) is 13.8 Å². The van der Waals surface area contributed by atoms with Crippen molar-refractivity contribution in [3.05, 3.63) is 23.2 Å². The number of amides is 3. The lowest BCUT2D eigenvalue weighted by Gasteiger charge is -2.11. The maximum absolute atomic E-state index is 11.9. The van der Waals surface area contributed by atoms with Crippen LogP contribution in [0.1, 0.15) is 20.8 Å². The predicted molar refractivity (Wildman–Crippen MR) is 86.1 cm³/mol. The molecule has 0 fully saturated rings. The number of oxazole rings is 1. The van der Waals surface area contributed by atoms with Gasteiger partial charge in [0, 0.05) is 17.1 Å². The molecule has 0 saturated heterocycles. The molecular weight excluding hydrogens is 326 g/mol. The summed E-state index contributed by atoms with van der Waals surface area (Å²) in [7, 11) is 0. The van der Waals surface area contributed by atoms with Crippen molar-refractivity contribution in [2.45, 2.75) is 37.3 Å². The summed E-state index contributed by atoms with van der Waals surface area (Å²) >= 11 is 7.01. The number of imide groups is 1. The summed E-state index contributed by atoms with van der Waals surface area (Å²) in [4.78, 5) is 27.7. The maximum atomic E-state index is 11.9. The standard InChI is InChI=1S/C14H16ClN3O3S/c1-7(2)16-13(20)18-12(19)8(3)22-14-17-10-5-4-9(15)6-11(10)21-14/h4-8H,1-3H3,(H2,16,18,19,20)/t8-/m0/s1. The van der Waals surface area contributed by atoms with Crippen molar-refractivity contribution in [1.29, 1.82) is 0 Å². The first-order chi connectivity index (χ1) is 10.3. The molecule has 2 rings (SSSR count). The Kier molecular flexibility index (Phi) is 5.31. The molecule has 2 N–H and O–H groups in total. The molecule has 3 amide bonds. The van der Waals surface area contributed by atoms with E-state index >= 15 is 0 Å². The fourth-order valence-electron chi connectivity index (χ4n) is 1.64. The van der Waals surface area contributed by atoms with Gasteiger partial charge in [-0.05, 0) is 32.9 Å². The monoisotopic (exact) mass is 341 g/mol. The predicted octanol–water partition coefficient (Wildman–Crippen LogP) is 3.20. The summed E-state index contributed by atoms with van der Waals surface area (Å²) in [5, 5.41) is 5.24. The number of carbonyl (C=O) groups excluding carboxylic acids is 2. The van der Waals surface area contributed by atoms with Crippen LogP contribution in [0, 0.1) is 0 Å². The summed E-state index contributed by atoms with van der Waals surface area (Å²) in [6, 6.07) is 4.56. The molecule has 1 aromatic carbocycles. The number of fused-ring (bicyclic) bond motifs is 1. The highest BCUT2D eigenvalue weighted by atomic mass is 35.5. The van der Waals surface area contributed by atoms with Gasteiger partial charge in [-0.1, -0.05) is 23.4 Å². The number of carbonyl (C=O) groups is 2. The minimum Gasteiger partial charge on any atom is -0.431 e. The second kappa shape index (κ2) is 7.02. The van der Waals surface area contributed by atoms with Crippen LogP contribution in [-0.4, -0.2) is 28.2 Å². The van der Waals surface area contributed by atoms with E-state index in [9.17, 15) is 9.59 Å². The first kappa shape index (κ1) is 16.6. The molecule has 0 unspecified atom stereocenters. The topological polar surface area (TPSA) is 84.2 Å². The summed E-state index contributed by atoms with van der Waals surface area (Å²) in [5.41, 5.74) is 1.22. The SMILES string of the molecule is CC(C)NC(=O)NC(=O)[C@H](C)Sc1nc2ccc(Cl)cc2o1. The highest BCUT2D eigenvalue weighted by molar-refractivity contribution is 8.00. The Morgan fingerprint density at radius 3 is 2.73 bits per heavy atom. The average molecular weight is 342 g/mol. The number of hydrogen-bond donors (Lipinski definition) is 2. The number of nitrogens with one attached hydrogen (secondary N) is 2. The van der Waals surface area contributed by atoms with Crippen molar-refractivity contribution in [2.24, 2.45) is 0 Å². The third kappa shape index (κ3) is 4.38. The smallest absolute Gasteiger partial charge is 0.321 e. The minimum atomic E-state index is -0.526. The number of nitrogens with zero attached hydrogens (tertiary/aromatic N) is 1. The van der Waals surface area contributed by atoms with Crippen LogP contribution in [0.5, 0.6) is 0 Å². The Labute approximate surface area is 137 Å². The van der Waals surface area contributed by atoms with Crippen LogP contribution in [0.15, 0.2) is 27.8 Å². The summed E-state index contributed by atoms with van der Waals surface area (Å²) in [6.45, 7) is 5.29. The third-order valence-electron chi connectivity index (χ3n) is 2.63. The number of urea groups is 1. The van der Waals surface area contributed by atoms with Gasteiger partial charge in [0.05, 0.1) is 5.25 Å². The van der Waals surface area contributed by atoms with E-state index in [-0.39, 0.29) is 6.04 Å². The van der Waals surface area contributed by atoms with Crippen LogP contribution in [-0.2, 0) is 4.79 Å². The first-order valence-electron chi connectivity index (χ1n) is 6.69. The zero-order valence-electron chi connectivity index (χ0n) is 12.3. The minimum absolute atomic E-state index is 0.0439. The van der Waals surface area contributed by atoms with Gasteiger partial charge in [-0.3, -0.25) is 10.1 Å². The second-order valence-corrected chi connectivity index (χ2v) is 6.70. The van der Waals surface area contributed by atoms with E-state index in [1.165, 1.54) is 0 Å². The molecule has 6 nitrogen and oxygen atoms in total. The third-order valence-corrected chi connectivity index (χ3v) is 3.81. The fourth-order valence-corrected chi connectivity index (χ4v) is 2.56. The van der Waals surface area contributed by atoms with Crippen LogP contribution in [0.2, 0.25) is 5.02 Å². The van der Waals surface area contributed by atoms with E-state index in [0.29, 0.717) is 21.3 Å². The Morgan fingerprint density at radius 2 is 2.05 bits per heavy atom. The number of rotatable bonds is 4. The average Bonchev–Trinajstić information content (AvgIpc) is 2.78. The number of halogens is 1. The van der Waals surface area contributed by atoms with Gasteiger partial charge in [-0.15, -0.1) is 0 Å². The van der Waals surface area contributed by atoms with E-state index in [4.69, 9.17) is 16.0 Å². The summed E-state index contributed by atoms with van der Waals surface area (Å²) in [6.07, 6.45) is 0. The molecule has 2 aromatic rings. The molecule has 0 saturated carbocycles. The normalized spacial score (nSPS) is 12.4. The number of benzene rings is 1. The lowest BCUT2D eigenvalue weighted by Crippen LogP contribution is -2.45. The van der Waals surface area contributed by atoms with Crippen LogP contribution >= 0.6 is 23.4 Å². The quantitative estimate of drug-likeness (QED) is 0.834. The summed E-state index contributed by atoms with van der Waals surface area (Å²) < 4.78 is 5.53. The lowest BCUT2D eigenvalue weighted by molar-refractivity contribution is -0.119. The van der Waals surface area contributed by atoms with E-state index in [2.05, 4.69) is 15.6 Å². The number of thioether (sulfide) groups is 1. The highest BCUT2D eigenvalue weighted by Crippen LogP contribution is 2.28. The zero-order chi connectivity index (χ0) is 16.3. The van der Waals surface area contributed by atoms with Crippen molar-refractivity contribution >= 4 is 46.4 Å². The van der Waals surface area contributed by atoms with Crippen LogP contribution in [0.4, 0.5) is 4.79 Å². The van der Waals surface area contributed by atoms with E-state index in [0.717, 1.165) is 11.8 Å². The molecule has 0 aliphatic carbocycles. The molecule has 0 aliphatic heterocycles. The Hall–Kier alpha value is -1.73.